The van der Waals surface area contributed by atoms with Crippen LogP contribution in [0.4, 0.5) is 0 Å². The van der Waals surface area contributed by atoms with Gasteiger partial charge < -0.3 is 15.2 Å². The molecule has 1 saturated carbocycles. The molecule has 0 aromatic rings. The Kier molecular flexibility index (Phi) is 4.83. The van der Waals surface area contributed by atoms with Gasteiger partial charge in [-0.25, -0.2) is 0 Å². The van der Waals surface area contributed by atoms with Crippen molar-refractivity contribution >= 4 is 0 Å². The normalized spacial score (nSPS) is 29.6. The maximum absolute atomic E-state index is 9.21. The average molecular weight is 241 g/mol. The Morgan fingerprint density at radius 1 is 1.41 bits per heavy atom. The van der Waals surface area contributed by atoms with Crippen LogP contribution in [0.3, 0.4) is 0 Å². The number of nitrogens with one attached hydrogen (secondary N) is 1. The summed E-state index contributed by atoms with van der Waals surface area (Å²) in [5, 5.41) is 12.8. The van der Waals surface area contributed by atoms with Gasteiger partial charge in [-0.1, -0.05) is 12.8 Å². The Hall–Kier alpha value is -0.120. The number of ether oxygens (including phenoxy) is 1. The lowest BCUT2D eigenvalue weighted by Crippen LogP contribution is -2.45. The first kappa shape index (κ1) is 13.3. The molecule has 3 nitrogen and oxygen atoms in total. The molecule has 0 aromatic heterocycles. The molecular formula is C14H27NO2. The van der Waals surface area contributed by atoms with Crippen molar-refractivity contribution in [1.82, 2.24) is 5.32 Å². The van der Waals surface area contributed by atoms with E-state index >= 15 is 0 Å². The van der Waals surface area contributed by atoms with Crippen molar-refractivity contribution in [3.05, 3.63) is 0 Å². The highest BCUT2D eigenvalue weighted by Gasteiger charge is 2.39. The highest BCUT2D eigenvalue weighted by atomic mass is 16.5. The van der Waals surface area contributed by atoms with Crippen molar-refractivity contribution in [2.24, 2.45) is 0 Å². The van der Waals surface area contributed by atoms with Crippen LogP contribution >= 0.6 is 0 Å². The van der Waals surface area contributed by atoms with Crippen LogP contribution in [0.25, 0.3) is 0 Å². The molecule has 2 rings (SSSR count). The van der Waals surface area contributed by atoms with Gasteiger partial charge in [0.2, 0.25) is 0 Å². The first-order valence-electron chi connectivity index (χ1n) is 7.26. The minimum Gasteiger partial charge on any atom is -0.393 e. The molecule has 2 N–H and O–H groups in total. The summed E-state index contributed by atoms with van der Waals surface area (Å²) in [6.07, 6.45) is 9.37. The molecule has 2 fully saturated rings. The summed E-state index contributed by atoms with van der Waals surface area (Å²) in [6, 6.07) is 0.635. The molecule has 0 aromatic carbocycles. The zero-order valence-corrected chi connectivity index (χ0v) is 11.1. The smallest absolute Gasteiger partial charge is 0.0697 e. The highest BCUT2D eigenvalue weighted by Crippen LogP contribution is 2.39. The number of rotatable bonds is 5. The van der Waals surface area contributed by atoms with E-state index in [1.807, 2.05) is 6.92 Å². The maximum atomic E-state index is 9.21. The van der Waals surface area contributed by atoms with E-state index in [2.05, 4.69) is 5.32 Å². The maximum Gasteiger partial charge on any atom is 0.0697 e. The van der Waals surface area contributed by atoms with Gasteiger partial charge in [-0.2, -0.15) is 0 Å². The van der Waals surface area contributed by atoms with Gasteiger partial charge in [-0.15, -0.1) is 0 Å². The quantitative estimate of drug-likeness (QED) is 0.725. The first-order chi connectivity index (χ1) is 8.20. The van der Waals surface area contributed by atoms with Crippen molar-refractivity contribution in [2.75, 3.05) is 13.2 Å². The Labute approximate surface area is 105 Å². The zero-order valence-electron chi connectivity index (χ0n) is 11.1. The van der Waals surface area contributed by atoms with E-state index in [4.69, 9.17) is 4.74 Å². The fraction of sp³-hybridized carbons (Fsp3) is 1.00. The number of aliphatic hydroxyl groups excluding tert-OH is 1. The van der Waals surface area contributed by atoms with Crippen molar-refractivity contribution in [3.63, 3.8) is 0 Å². The van der Waals surface area contributed by atoms with Crippen LogP contribution in [0.2, 0.25) is 0 Å². The molecule has 0 radical (unpaired) electrons. The van der Waals surface area contributed by atoms with Gasteiger partial charge in [-0.3, -0.25) is 0 Å². The highest BCUT2D eigenvalue weighted by molar-refractivity contribution is 4.93. The van der Waals surface area contributed by atoms with Gasteiger partial charge in [0.25, 0.3) is 0 Å². The minimum atomic E-state index is -0.160. The fourth-order valence-electron chi connectivity index (χ4n) is 3.27. The molecule has 2 atom stereocenters. The van der Waals surface area contributed by atoms with Crippen LogP contribution in [0.1, 0.15) is 58.3 Å². The third kappa shape index (κ3) is 3.94. The predicted molar refractivity (Wildman–Crippen MR) is 69.1 cm³/mol. The largest absolute Gasteiger partial charge is 0.393 e. The summed E-state index contributed by atoms with van der Waals surface area (Å²) in [6.45, 7) is 3.82. The van der Waals surface area contributed by atoms with Crippen molar-refractivity contribution in [1.29, 1.82) is 0 Å². The fourth-order valence-corrected chi connectivity index (χ4v) is 3.27. The lowest BCUT2D eigenvalue weighted by molar-refractivity contribution is -0.0835. The predicted octanol–water partition coefficient (Wildman–Crippen LogP) is 2.23. The van der Waals surface area contributed by atoms with E-state index in [0.29, 0.717) is 6.04 Å². The van der Waals surface area contributed by atoms with E-state index in [9.17, 15) is 5.11 Å². The average Bonchev–Trinajstić information content (AvgIpc) is 2.73. The van der Waals surface area contributed by atoms with Gasteiger partial charge in [0.05, 0.1) is 11.7 Å². The molecule has 1 spiro atoms. The molecule has 0 amide bonds. The van der Waals surface area contributed by atoms with Gasteiger partial charge in [0, 0.05) is 12.6 Å². The monoisotopic (exact) mass is 241 g/mol. The van der Waals surface area contributed by atoms with Gasteiger partial charge in [0.1, 0.15) is 0 Å². The zero-order chi connectivity index (χ0) is 12.1. The topological polar surface area (TPSA) is 41.5 Å². The third-order valence-corrected chi connectivity index (χ3v) is 4.24. The summed E-state index contributed by atoms with van der Waals surface area (Å²) < 4.78 is 6.02. The Morgan fingerprint density at radius 3 is 2.88 bits per heavy atom. The van der Waals surface area contributed by atoms with Crippen LogP contribution in [-0.2, 0) is 4.74 Å². The van der Waals surface area contributed by atoms with Crippen LogP contribution in [0.15, 0.2) is 0 Å². The number of aliphatic hydroxyl groups is 1. The van der Waals surface area contributed by atoms with Crippen LogP contribution in [0, 0.1) is 0 Å². The summed E-state index contributed by atoms with van der Waals surface area (Å²) in [5.74, 6) is 0. The Balaban J connectivity index is 1.67. The van der Waals surface area contributed by atoms with Gasteiger partial charge in [-0.05, 0) is 52.0 Å². The third-order valence-electron chi connectivity index (χ3n) is 4.24. The lowest BCUT2D eigenvalue weighted by Gasteiger charge is -2.38. The molecule has 0 bridgehead atoms. The van der Waals surface area contributed by atoms with Crippen molar-refractivity contribution < 1.29 is 9.84 Å². The molecule has 2 aliphatic rings. The van der Waals surface area contributed by atoms with E-state index in [-0.39, 0.29) is 11.7 Å². The Morgan fingerprint density at radius 2 is 2.18 bits per heavy atom. The molecule has 1 heterocycles. The van der Waals surface area contributed by atoms with E-state index < -0.39 is 0 Å². The van der Waals surface area contributed by atoms with E-state index in [1.165, 1.54) is 32.1 Å². The molecule has 17 heavy (non-hydrogen) atoms. The standard InChI is InChI=1S/C14H27NO2/c1-12(16)5-4-9-15-13-6-10-17-14(11-13)7-2-3-8-14/h12-13,15-16H,2-11H2,1H3. The second-order valence-electron chi connectivity index (χ2n) is 5.87. The number of hydrogen-bond donors (Lipinski definition) is 2. The van der Waals surface area contributed by atoms with Crippen LogP contribution in [0.5, 0.6) is 0 Å². The molecular weight excluding hydrogens is 214 g/mol. The molecule has 3 heteroatoms. The van der Waals surface area contributed by atoms with Crippen LogP contribution < -0.4 is 5.32 Å². The van der Waals surface area contributed by atoms with Crippen molar-refractivity contribution in [3.8, 4) is 0 Å². The summed E-state index contributed by atoms with van der Waals surface area (Å²) in [7, 11) is 0. The lowest BCUT2D eigenvalue weighted by atomic mass is 9.89. The SMILES string of the molecule is CC(O)CCCNC1CCOC2(CCCC2)C1. The second kappa shape index (κ2) is 6.17. The molecule has 100 valence electrons. The molecule has 1 aliphatic heterocycles. The number of hydrogen-bond acceptors (Lipinski definition) is 3. The molecule has 1 aliphatic carbocycles. The second-order valence-corrected chi connectivity index (χ2v) is 5.87. The van der Waals surface area contributed by atoms with Gasteiger partial charge >= 0.3 is 0 Å². The van der Waals surface area contributed by atoms with Crippen molar-refractivity contribution in [2.45, 2.75) is 76.0 Å². The first-order valence-corrected chi connectivity index (χ1v) is 7.26. The van der Waals surface area contributed by atoms with E-state index in [1.54, 1.807) is 0 Å². The Bertz CT molecular complexity index is 224. The molecule has 1 saturated heterocycles. The van der Waals surface area contributed by atoms with Crippen LogP contribution in [-0.4, -0.2) is 36.0 Å². The minimum absolute atomic E-state index is 0.160. The summed E-state index contributed by atoms with van der Waals surface area (Å²) in [5.41, 5.74) is 0.222. The summed E-state index contributed by atoms with van der Waals surface area (Å²) >= 11 is 0. The van der Waals surface area contributed by atoms with Gasteiger partial charge in [0.15, 0.2) is 0 Å². The van der Waals surface area contributed by atoms with E-state index in [0.717, 1.165) is 32.4 Å². The molecule has 2 unspecified atom stereocenters. The summed E-state index contributed by atoms with van der Waals surface area (Å²) in [4.78, 5) is 0.